The van der Waals surface area contributed by atoms with E-state index in [-0.39, 0.29) is 18.6 Å². The Morgan fingerprint density at radius 3 is 2.75 bits per heavy atom. The highest BCUT2D eigenvalue weighted by molar-refractivity contribution is 5.96. The van der Waals surface area contributed by atoms with Gasteiger partial charge in [0, 0.05) is 11.7 Å². The molecule has 1 aromatic rings. The van der Waals surface area contributed by atoms with Crippen molar-refractivity contribution >= 4 is 17.6 Å². The Balaban J connectivity index is 2.51. The molecule has 0 saturated heterocycles. The predicted molar refractivity (Wildman–Crippen MR) is 78.4 cm³/mol. The standard InChI is InChI=1S/C15H22N2O3/c1-4-5-11(3)17-14(18)9-20-15(19)12-8-10(2)6-7-13(12)16/h6-8,11H,4-5,9,16H2,1-3H3,(H,17,18). The van der Waals surface area contributed by atoms with E-state index >= 15 is 0 Å². The molecule has 0 aliphatic heterocycles. The molecule has 1 aromatic carbocycles. The van der Waals surface area contributed by atoms with Crippen molar-refractivity contribution in [2.45, 2.75) is 39.7 Å². The van der Waals surface area contributed by atoms with Crippen LogP contribution < -0.4 is 11.1 Å². The highest BCUT2D eigenvalue weighted by atomic mass is 16.5. The third-order valence-corrected chi connectivity index (χ3v) is 2.89. The zero-order valence-electron chi connectivity index (χ0n) is 12.2. The molecular formula is C15H22N2O3. The van der Waals surface area contributed by atoms with Gasteiger partial charge in [0.15, 0.2) is 6.61 Å². The molecular weight excluding hydrogens is 256 g/mol. The smallest absolute Gasteiger partial charge is 0.340 e. The molecule has 0 saturated carbocycles. The average Bonchev–Trinajstić information content (AvgIpc) is 2.39. The third-order valence-electron chi connectivity index (χ3n) is 2.89. The van der Waals surface area contributed by atoms with Crippen LogP contribution in [-0.2, 0) is 9.53 Å². The van der Waals surface area contributed by atoms with E-state index < -0.39 is 5.97 Å². The number of nitrogens with two attached hydrogens (primary N) is 1. The minimum atomic E-state index is -0.579. The molecule has 0 fully saturated rings. The summed E-state index contributed by atoms with van der Waals surface area (Å²) in [5.41, 5.74) is 7.26. The maximum atomic E-state index is 11.9. The van der Waals surface area contributed by atoms with Crippen molar-refractivity contribution in [3.05, 3.63) is 29.3 Å². The summed E-state index contributed by atoms with van der Waals surface area (Å²) in [6.07, 6.45) is 1.88. The van der Waals surface area contributed by atoms with E-state index in [9.17, 15) is 9.59 Å². The Morgan fingerprint density at radius 1 is 1.40 bits per heavy atom. The Kier molecular flexibility index (Phi) is 6.03. The highest BCUT2D eigenvalue weighted by Gasteiger charge is 2.14. The number of ether oxygens (including phenoxy) is 1. The van der Waals surface area contributed by atoms with Crippen molar-refractivity contribution < 1.29 is 14.3 Å². The van der Waals surface area contributed by atoms with Crippen LogP contribution in [-0.4, -0.2) is 24.5 Å². The Bertz CT molecular complexity index is 486. The summed E-state index contributed by atoms with van der Waals surface area (Å²) >= 11 is 0. The maximum absolute atomic E-state index is 11.9. The highest BCUT2D eigenvalue weighted by Crippen LogP contribution is 2.14. The quantitative estimate of drug-likeness (QED) is 0.616. The van der Waals surface area contributed by atoms with Crippen LogP contribution in [0.25, 0.3) is 0 Å². The van der Waals surface area contributed by atoms with Gasteiger partial charge in [-0.15, -0.1) is 0 Å². The summed E-state index contributed by atoms with van der Waals surface area (Å²) in [4.78, 5) is 23.4. The van der Waals surface area contributed by atoms with Crippen molar-refractivity contribution in [2.24, 2.45) is 0 Å². The van der Waals surface area contributed by atoms with E-state index in [0.717, 1.165) is 18.4 Å². The molecule has 20 heavy (non-hydrogen) atoms. The molecule has 1 unspecified atom stereocenters. The Hall–Kier alpha value is -2.04. The number of hydrogen-bond acceptors (Lipinski definition) is 4. The number of rotatable bonds is 6. The number of benzene rings is 1. The maximum Gasteiger partial charge on any atom is 0.340 e. The number of hydrogen-bond donors (Lipinski definition) is 2. The number of esters is 1. The lowest BCUT2D eigenvalue weighted by Crippen LogP contribution is -2.35. The van der Waals surface area contributed by atoms with Gasteiger partial charge < -0.3 is 15.8 Å². The fourth-order valence-corrected chi connectivity index (χ4v) is 1.88. The Labute approximate surface area is 119 Å². The minimum absolute atomic E-state index is 0.0789. The normalized spacial score (nSPS) is 11.8. The van der Waals surface area contributed by atoms with Crippen LogP contribution >= 0.6 is 0 Å². The predicted octanol–water partition coefficient (Wildman–Crippen LogP) is 2.04. The van der Waals surface area contributed by atoms with Gasteiger partial charge in [-0.05, 0) is 32.4 Å². The molecule has 3 N–H and O–H groups in total. The molecule has 0 spiro atoms. The molecule has 110 valence electrons. The van der Waals surface area contributed by atoms with Crippen LogP contribution in [0.3, 0.4) is 0 Å². The van der Waals surface area contributed by atoms with Crippen LogP contribution in [0.5, 0.6) is 0 Å². The molecule has 1 atom stereocenters. The van der Waals surface area contributed by atoms with Crippen LogP contribution in [0.1, 0.15) is 42.6 Å². The van der Waals surface area contributed by atoms with E-state index in [1.54, 1.807) is 12.1 Å². The first-order valence-corrected chi connectivity index (χ1v) is 6.76. The first kappa shape index (κ1) is 16.0. The van der Waals surface area contributed by atoms with Crippen LogP contribution in [0.2, 0.25) is 0 Å². The zero-order chi connectivity index (χ0) is 15.1. The van der Waals surface area contributed by atoms with Crippen molar-refractivity contribution in [1.82, 2.24) is 5.32 Å². The number of nitrogen functional groups attached to an aromatic ring is 1. The molecule has 0 heterocycles. The van der Waals surface area contributed by atoms with E-state index in [0.29, 0.717) is 11.3 Å². The summed E-state index contributed by atoms with van der Waals surface area (Å²) < 4.78 is 4.97. The van der Waals surface area contributed by atoms with E-state index in [2.05, 4.69) is 5.32 Å². The van der Waals surface area contributed by atoms with Gasteiger partial charge in [0.2, 0.25) is 0 Å². The SMILES string of the molecule is CCCC(C)NC(=O)COC(=O)c1cc(C)ccc1N. The first-order chi connectivity index (χ1) is 9.43. The lowest BCUT2D eigenvalue weighted by molar-refractivity contribution is -0.124. The van der Waals surface area contributed by atoms with Crippen LogP contribution in [0.4, 0.5) is 5.69 Å². The van der Waals surface area contributed by atoms with E-state index in [1.807, 2.05) is 26.8 Å². The molecule has 0 aliphatic rings. The molecule has 1 amide bonds. The molecule has 1 rings (SSSR count). The number of carbonyl (C=O) groups is 2. The summed E-state index contributed by atoms with van der Waals surface area (Å²) in [6.45, 7) is 5.53. The summed E-state index contributed by atoms with van der Waals surface area (Å²) in [5, 5.41) is 2.77. The fourth-order valence-electron chi connectivity index (χ4n) is 1.88. The zero-order valence-corrected chi connectivity index (χ0v) is 12.2. The lowest BCUT2D eigenvalue weighted by Gasteiger charge is -2.13. The topological polar surface area (TPSA) is 81.4 Å². The number of amides is 1. The molecule has 5 nitrogen and oxygen atoms in total. The van der Waals surface area contributed by atoms with Gasteiger partial charge in [-0.3, -0.25) is 4.79 Å². The molecule has 0 bridgehead atoms. The van der Waals surface area contributed by atoms with Gasteiger partial charge in [0.1, 0.15) is 0 Å². The number of anilines is 1. The van der Waals surface area contributed by atoms with Gasteiger partial charge in [-0.1, -0.05) is 25.0 Å². The van der Waals surface area contributed by atoms with E-state index in [1.165, 1.54) is 0 Å². The number of carbonyl (C=O) groups excluding carboxylic acids is 2. The van der Waals surface area contributed by atoms with Crippen molar-refractivity contribution in [3.8, 4) is 0 Å². The third kappa shape index (κ3) is 4.91. The summed E-state index contributed by atoms with van der Waals surface area (Å²) in [6, 6.07) is 5.19. The van der Waals surface area contributed by atoms with Crippen LogP contribution in [0.15, 0.2) is 18.2 Å². The average molecular weight is 278 g/mol. The summed E-state index contributed by atoms with van der Waals surface area (Å²) in [7, 11) is 0. The lowest BCUT2D eigenvalue weighted by atomic mass is 10.1. The number of aryl methyl sites for hydroxylation is 1. The van der Waals surface area contributed by atoms with E-state index in [4.69, 9.17) is 10.5 Å². The van der Waals surface area contributed by atoms with Crippen LogP contribution in [0, 0.1) is 6.92 Å². The van der Waals surface area contributed by atoms with Crippen molar-refractivity contribution in [2.75, 3.05) is 12.3 Å². The summed E-state index contributed by atoms with van der Waals surface area (Å²) in [5.74, 6) is -0.880. The fraction of sp³-hybridized carbons (Fsp3) is 0.467. The van der Waals surface area contributed by atoms with Gasteiger partial charge in [0.25, 0.3) is 5.91 Å². The minimum Gasteiger partial charge on any atom is -0.452 e. The van der Waals surface area contributed by atoms with Gasteiger partial charge in [0.05, 0.1) is 5.56 Å². The monoisotopic (exact) mass is 278 g/mol. The second-order valence-electron chi connectivity index (χ2n) is 4.92. The molecule has 5 heteroatoms. The van der Waals surface area contributed by atoms with Crippen molar-refractivity contribution in [1.29, 1.82) is 0 Å². The molecule has 0 radical (unpaired) electrons. The van der Waals surface area contributed by atoms with Gasteiger partial charge in [-0.2, -0.15) is 0 Å². The second-order valence-corrected chi connectivity index (χ2v) is 4.92. The van der Waals surface area contributed by atoms with Crippen molar-refractivity contribution in [3.63, 3.8) is 0 Å². The first-order valence-electron chi connectivity index (χ1n) is 6.76. The molecule has 0 aliphatic carbocycles. The number of nitrogens with one attached hydrogen (secondary N) is 1. The van der Waals surface area contributed by atoms with Gasteiger partial charge in [-0.25, -0.2) is 4.79 Å². The van der Waals surface area contributed by atoms with Gasteiger partial charge >= 0.3 is 5.97 Å². The Morgan fingerprint density at radius 2 is 2.10 bits per heavy atom. The molecule has 0 aromatic heterocycles. The largest absolute Gasteiger partial charge is 0.452 e. The second kappa shape index (κ2) is 7.53.